The van der Waals surface area contributed by atoms with Crippen molar-refractivity contribution in [3.05, 3.63) is 18.2 Å². The Hall–Kier alpha value is -1.40. The molecule has 23 heavy (non-hydrogen) atoms. The van der Waals surface area contributed by atoms with Crippen LogP contribution in [-0.4, -0.2) is 57.0 Å². The number of nitrogens with zero attached hydrogens (tertiary/aromatic N) is 1. The van der Waals surface area contributed by atoms with Gasteiger partial charge in [-0.25, -0.2) is 0 Å². The van der Waals surface area contributed by atoms with Crippen molar-refractivity contribution < 1.29 is 14.3 Å². The highest BCUT2D eigenvalue weighted by atomic mass is 32.2. The quantitative estimate of drug-likeness (QED) is 0.774. The second-order valence-electron chi connectivity index (χ2n) is 5.56. The highest BCUT2D eigenvalue weighted by molar-refractivity contribution is 7.99. The Morgan fingerprint density at radius 1 is 1.26 bits per heavy atom. The number of amides is 1. The van der Waals surface area contributed by atoms with Crippen molar-refractivity contribution >= 4 is 17.7 Å². The third-order valence-corrected chi connectivity index (χ3v) is 5.19. The molecular formula is C17H26N2O3S. The molecule has 6 heteroatoms. The number of benzene rings is 1. The van der Waals surface area contributed by atoms with Crippen LogP contribution in [0.1, 0.15) is 19.3 Å². The molecule has 1 heterocycles. The van der Waals surface area contributed by atoms with Gasteiger partial charge in [0.15, 0.2) is 11.5 Å². The predicted molar refractivity (Wildman–Crippen MR) is 93.5 cm³/mol. The molecule has 1 saturated heterocycles. The van der Waals surface area contributed by atoms with Gasteiger partial charge in [-0.1, -0.05) is 0 Å². The lowest BCUT2D eigenvalue weighted by Gasteiger charge is -2.31. The summed E-state index contributed by atoms with van der Waals surface area (Å²) in [6.07, 6.45) is 2.67. The van der Waals surface area contributed by atoms with Gasteiger partial charge in [-0.05, 0) is 38.1 Å². The third kappa shape index (κ3) is 5.04. The molecule has 1 fully saturated rings. The summed E-state index contributed by atoms with van der Waals surface area (Å²) in [5.41, 5.74) is 0. The van der Waals surface area contributed by atoms with Crippen molar-refractivity contribution in [1.29, 1.82) is 0 Å². The number of likely N-dealkylation sites (tertiary alicyclic amines) is 1. The van der Waals surface area contributed by atoms with Crippen molar-refractivity contribution in [2.75, 3.05) is 40.1 Å². The summed E-state index contributed by atoms with van der Waals surface area (Å²) >= 11 is 1.67. The fraction of sp³-hybridized carbons (Fsp3) is 0.588. The second kappa shape index (κ2) is 9.03. The lowest BCUT2D eigenvalue weighted by molar-refractivity contribution is -0.131. The molecule has 0 saturated carbocycles. The molecule has 5 nitrogen and oxygen atoms in total. The van der Waals surface area contributed by atoms with Gasteiger partial charge >= 0.3 is 0 Å². The molecule has 1 aromatic carbocycles. The number of ether oxygens (including phenoxy) is 2. The molecule has 1 aliphatic heterocycles. The molecule has 0 radical (unpaired) electrons. The van der Waals surface area contributed by atoms with E-state index in [0.717, 1.165) is 48.1 Å². The van der Waals surface area contributed by atoms with Crippen molar-refractivity contribution in [3.8, 4) is 11.5 Å². The molecule has 0 spiro atoms. The van der Waals surface area contributed by atoms with E-state index in [-0.39, 0.29) is 5.91 Å². The van der Waals surface area contributed by atoms with Gasteiger partial charge in [0.2, 0.25) is 5.91 Å². The first-order valence-electron chi connectivity index (χ1n) is 7.97. The van der Waals surface area contributed by atoms with Gasteiger partial charge in [0.25, 0.3) is 0 Å². The zero-order valence-electron chi connectivity index (χ0n) is 14.1. The lowest BCUT2D eigenvalue weighted by atomic mass is 10.1. The van der Waals surface area contributed by atoms with Crippen molar-refractivity contribution in [2.24, 2.45) is 0 Å². The molecule has 0 aliphatic carbocycles. The zero-order chi connectivity index (χ0) is 16.7. The minimum absolute atomic E-state index is 0.257. The number of rotatable bonds is 7. The Labute approximate surface area is 142 Å². The number of nitrogens with one attached hydrogen (secondary N) is 1. The monoisotopic (exact) mass is 338 g/mol. The fourth-order valence-electron chi connectivity index (χ4n) is 2.74. The summed E-state index contributed by atoms with van der Waals surface area (Å²) in [6.45, 7) is 1.73. The normalized spacial score (nSPS) is 15.5. The molecule has 0 atom stereocenters. The van der Waals surface area contributed by atoms with Gasteiger partial charge in [-0.2, -0.15) is 0 Å². The first-order valence-corrected chi connectivity index (χ1v) is 8.96. The van der Waals surface area contributed by atoms with Crippen LogP contribution >= 0.6 is 11.8 Å². The summed E-state index contributed by atoms with van der Waals surface area (Å²) in [4.78, 5) is 15.3. The maximum atomic E-state index is 12.3. The molecule has 0 aromatic heterocycles. The average Bonchev–Trinajstić information content (AvgIpc) is 2.61. The van der Waals surface area contributed by atoms with E-state index in [4.69, 9.17) is 9.47 Å². The molecule has 1 amide bonds. The van der Waals surface area contributed by atoms with Gasteiger partial charge in [0.1, 0.15) is 0 Å². The SMILES string of the molecule is CNC1CCN(C(=O)CCSc2ccc(OC)c(OC)c2)CC1. The minimum atomic E-state index is 0.257. The van der Waals surface area contributed by atoms with E-state index in [1.165, 1.54) is 0 Å². The van der Waals surface area contributed by atoms with Crippen LogP contribution in [0.4, 0.5) is 0 Å². The van der Waals surface area contributed by atoms with E-state index in [1.54, 1.807) is 26.0 Å². The maximum absolute atomic E-state index is 12.3. The van der Waals surface area contributed by atoms with Crippen molar-refractivity contribution in [1.82, 2.24) is 10.2 Å². The number of piperidine rings is 1. The number of hydrogen-bond donors (Lipinski definition) is 1. The van der Waals surface area contributed by atoms with E-state index in [1.807, 2.05) is 30.1 Å². The van der Waals surface area contributed by atoms with Crippen LogP contribution in [0.15, 0.2) is 23.1 Å². The van der Waals surface area contributed by atoms with Gasteiger partial charge < -0.3 is 19.7 Å². The molecule has 0 unspecified atom stereocenters. The van der Waals surface area contributed by atoms with E-state index in [2.05, 4.69) is 5.32 Å². The van der Waals surface area contributed by atoms with Crippen LogP contribution < -0.4 is 14.8 Å². The topological polar surface area (TPSA) is 50.8 Å². The van der Waals surface area contributed by atoms with Gasteiger partial charge in [-0.3, -0.25) is 4.79 Å². The highest BCUT2D eigenvalue weighted by Gasteiger charge is 2.21. The fourth-order valence-corrected chi connectivity index (χ4v) is 3.61. The summed E-state index contributed by atoms with van der Waals surface area (Å²) in [6, 6.07) is 6.40. The van der Waals surface area contributed by atoms with Crippen LogP contribution in [0.2, 0.25) is 0 Å². The van der Waals surface area contributed by atoms with E-state index < -0.39 is 0 Å². The third-order valence-electron chi connectivity index (χ3n) is 4.20. The van der Waals surface area contributed by atoms with Crippen molar-refractivity contribution in [3.63, 3.8) is 0 Å². The average molecular weight is 338 g/mol. The molecule has 2 rings (SSSR count). The zero-order valence-corrected chi connectivity index (χ0v) is 14.9. The summed E-state index contributed by atoms with van der Waals surface area (Å²) in [5.74, 6) is 2.48. The Bertz CT molecular complexity index is 517. The van der Waals surface area contributed by atoms with E-state index in [0.29, 0.717) is 12.5 Å². The van der Waals surface area contributed by atoms with Gasteiger partial charge in [-0.15, -0.1) is 11.8 Å². The van der Waals surface area contributed by atoms with Crippen LogP contribution in [0, 0.1) is 0 Å². The molecule has 128 valence electrons. The molecule has 1 aromatic rings. The molecule has 0 bridgehead atoms. The Morgan fingerprint density at radius 3 is 2.57 bits per heavy atom. The van der Waals surface area contributed by atoms with Crippen molar-refractivity contribution in [2.45, 2.75) is 30.2 Å². The molecule has 1 N–H and O–H groups in total. The Balaban J connectivity index is 1.77. The summed E-state index contributed by atoms with van der Waals surface area (Å²) in [5, 5.41) is 3.28. The first-order chi connectivity index (χ1) is 11.2. The number of hydrogen-bond acceptors (Lipinski definition) is 5. The van der Waals surface area contributed by atoms with Crippen LogP contribution in [0.3, 0.4) is 0 Å². The minimum Gasteiger partial charge on any atom is -0.493 e. The maximum Gasteiger partial charge on any atom is 0.223 e. The molecular weight excluding hydrogens is 312 g/mol. The number of carbonyl (C=O) groups is 1. The Morgan fingerprint density at radius 2 is 1.96 bits per heavy atom. The number of carbonyl (C=O) groups excluding carboxylic acids is 1. The second-order valence-corrected chi connectivity index (χ2v) is 6.73. The lowest BCUT2D eigenvalue weighted by Crippen LogP contribution is -2.44. The smallest absolute Gasteiger partial charge is 0.223 e. The van der Waals surface area contributed by atoms with Crippen LogP contribution in [0.5, 0.6) is 11.5 Å². The van der Waals surface area contributed by atoms with E-state index in [9.17, 15) is 4.79 Å². The van der Waals surface area contributed by atoms with Gasteiger partial charge in [0.05, 0.1) is 14.2 Å². The molecule has 1 aliphatic rings. The number of methoxy groups -OCH3 is 2. The largest absolute Gasteiger partial charge is 0.493 e. The van der Waals surface area contributed by atoms with Crippen LogP contribution in [0.25, 0.3) is 0 Å². The highest BCUT2D eigenvalue weighted by Crippen LogP contribution is 2.32. The number of thioether (sulfide) groups is 1. The standard InChI is InChI=1S/C17H26N2O3S/c1-18-13-6-9-19(10-7-13)17(20)8-11-23-14-4-5-15(21-2)16(12-14)22-3/h4-5,12-13,18H,6-11H2,1-3H3. The summed E-state index contributed by atoms with van der Waals surface area (Å²) in [7, 11) is 5.24. The van der Waals surface area contributed by atoms with Crippen LogP contribution in [-0.2, 0) is 4.79 Å². The van der Waals surface area contributed by atoms with E-state index >= 15 is 0 Å². The first kappa shape index (κ1) is 17.9. The Kier molecular flexibility index (Phi) is 7.05. The van der Waals surface area contributed by atoms with Gasteiger partial charge in [0, 0.05) is 36.2 Å². The summed E-state index contributed by atoms with van der Waals surface area (Å²) < 4.78 is 10.5. The predicted octanol–water partition coefficient (Wildman–Crippen LogP) is 2.40.